The van der Waals surface area contributed by atoms with Gasteiger partial charge in [-0.2, -0.15) is 9.98 Å². The van der Waals surface area contributed by atoms with Crippen LogP contribution in [0.3, 0.4) is 0 Å². The lowest BCUT2D eigenvalue weighted by molar-refractivity contribution is -0.129. The molecule has 1 aliphatic carbocycles. The van der Waals surface area contributed by atoms with Crippen LogP contribution in [0.25, 0.3) is 11.4 Å². The van der Waals surface area contributed by atoms with Gasteiger partial charge < -0.3 is 9.26 Å². The lowest BCUT2D eigenvalue weighted by Gasteiger charge is -2.27. The molecular weight excluding hydrogens is 348 g/mol. The highest BCUT2D eigenvalue weighted by atomic mass is 16.5. The molecule has 0 bridgehead atoms. The van der Waals surface area contributed by atoms with Crippen molar-refractivity contribution < 1.29 is 18.8 Å². The van der Waals surface area contributed by atoms with Crippen molar-refractivity contribution in [3.63, 3.8) is 0 Å². The number of ether oxygens (including phenoxy) is 1. The Balaban J connectivity index is 1.45. The van der Waals surface area contributed by atoms with E-state index in [0.717, 1.165) is 16.2 Å². The van der Waals surface area contributed by atoms with Gasteiger partial charge in [-0.15, -0.1) is 0 Å². The Hall–Kier alpha value is -3.55. The number of allylic oxidation sites excluding steroid dienone is 3. The van der Waals surface area contributed by atoms with Gasteiger partial charge in [0.25, 0.3) is 0 Å². The number of amides is 3. The molecule has 0 saturated heterocycles. The van der Waals surface area contributed by atoms with Gasteiger partial charge in [0.05, 0.1) is 18.7 Å². The maximum atomic E-state index is 12.5. The monoisotopic (exact) mass is 364 g/mol. The summed E-state index contributed by atoms with van der Waals surface area (Å²) in [6.45, 7) is 0.132. The van der Waals surface area contributed by atoms with E-state index in [1.54, 1.807) is 43.5 Å². The van der Waals surface area contributed by atoms with Crippen molar-refractivity contribution in [2.75, 3.05) is 13.7 Å². The molecule has 2 heterocycles. The van der Waals surface area contributed by atoms with E-state index in [9.17, 15) is 9.59 Å². The summed E-state index contributed by atoms with van der Waals surface area (Å²) in [4.78, 5) is 34.1. The lowest BCUT2D eigenvalue weighted by Crippen LogP contribution is -2.46. The van der Waals surface area contributed by atoms with Crippen LogP contribution in [0, 0.1) is 5.92 Å². The van der Waals surface area contributed by atoms with E-state index in [0.29, 0.717) is 17.4 Å². The molecule has 3 amide bonds. The Labute approximate surface area is 154 Å². The van der Waals surface area contributed by atoms with Gasteiger partial charge in [-0.05, 0) is 30.3 Å². The third kappa shape index (κ3) is 3.29. The Morgan fingerprint density at radius 1 is 1.19 bits per heavy atom. The first-order valence-electron chi connectivity index (χ1n) is 8.41. The zero-order valence-electron chi connectivity index (χ0n) is 14.5. The number of hydrogen-bond acceptors (Lipinski definition) is 6. The molecule has 1 unspecified atom stereocenters. The maximum Gasteiger partial charge on any atom is 0.350 e. The minimum Gasteiger partial charge on any atom is -0.497 e. The van der Waals surface area contributed by atoms with E-state index >= 15 is 0 Å². The zero-order valence-corrected chi connectivity index (χ0v) is 14.5. The predicted octanol–water partition coefficient (Wildman–Crippen LogP) is 2.43. The fraction of sp³-hybridized carbons (Fsp3) is 0.211. The highest BCUT2D eigenvalue weighted by Crippen LogP contribution is 2.21. The van der Waals surface area contributed by atoms with Crippen molar-refractivity contribution in [3.05, 3.63) is 54.5 Å². The molecule has 2 aliphatic rings. The van der Waals surface area contributed by atoms with E-state index in [-0.39, 0.29) is 18.9 Å². The molecule has 1 aliphatic heterocycles. The second-order valence-corrected chi connectivity index (χ2v) is 6.02. The molecule has 0 spiro atoms. The smallest absolute Gasteiger partial charge is 0.350 e. The Morgan fingerprint density at radius 3 is 2.78 bits per heavy atom. The number of hydrogen-bond donors (Lipinski definition) is 0. The van der Waals surface area contributed by atoms with Gasteiger partial charge in [-0.25, -0.2) is 4.79 Å². The van der Waals surface area contributed by atoms with Crippen LogP contribution < -0.4 is 4.74 Å². The summed E-state index contributed by atoms with van der Waals surface area (Å²) in [5.74, 6) is 0.710. The molecule has 0 radical (unpaired) electrons. The number of methoxy groups -OCH3 is 1. The number of fused-ring (bicyclic) bond motifs is 1. The Morgan fingerprint density at radius 2 is 2.00 bits per heavy atom. The molecule has 1 aromatic carbocycles. The number of urea groups is 1. The van der Waals surface area contributed by atoms with Crippen LogP contribution in [0.5, 0.6) is 5.75 Å². The minimum absolute atomic E-state index is 0.132. The second kappa shape index (κ2) is 6.99. The largest absolute Gasteiger partial charge is 0.497 e. The highest BCUT2D eigenvalue weighted by molar-refractivity contribution is 6.21. The number of nitrogens with zero attached hydrogens (tertiary/aromatic N) is 4. The number of aliphatic imine (C=N–C) groups is 1. The van der Waals surface area contributed by atoms with Crippen LogP contribution in [0.2, 0.25) is 0 Å². The van der Waals surface area contributed by atoms with E-state index in [4.69, 9.17) is 9.26 Å². The van der Waals surface area contributed by atoms with Crippen LogP contribution in [0.1, 0.15) is 5.89 Å². The molecule has 0 saturated carbocycles. The molecule has 2 aromatic rings. The van der Waals surface area contributed by atoms with Gasteiger partial charge in [-0.1, -0.05) is 23.4 Å². The third-order valence-corrected chi connectivity index (χ3v) is 4.35. The van der Waals surface area contributed by atoms with E-state index in [2.05, 4.69) is 15.1 Å². The summed E-state index contributed by atoms with van der Waals surface area (Å²) < 4.78 is 10.4. The minimum atomic E-state index is -0.568. The van der Waals surface area contributed by atoms with Crippen molar-refractivity contribution in [3.8, 4) is 17.1 Å². The van der Waals surface area contributed by atoms with Gasteiger partial charge in [0.1, 0.15) is 5.75 Å². The number of carbonyl (C=O) groups excluding carboxylic acids is 2. The van der Waals surface area contributed by atoms with Crippen LogP contribution in [-0.2, 0) is 11.2 Å². The summed E-state index contributed by atoms with van der Waals surface area (Å²) in [7, 11) is 1.59. The molecule has 136 valence electrons. The quantitative estimate of drug-likeness (QED) is 0.808. The van der Waals surface area contributed by atoms with Crippen LogP contribution in [-0.4, -0.2) is 46.3 Å². The van der Waals surface area contributed by atoms with Gasteiger partial charge >= 0.3 is 6.03 Å². The molecule has 1 atom stereocenters. The standard InChI is InChI=1S/C19H16N4O4/c1-26-13-8-6-12(7-9-13)17-21-16(27-22-17)10-11-23-18(24)14-4-2-3-5-15(14)20-19(23)25/h2-9,14H,10-11H2,1H3. The molecule has 0 N–H and O–H groups in total. The first kappa shape index (κ1) is 16.9. The van der Waals surface area contributed by atoms with Crippen molar-refractivity contribution >= 4 is 17.6 Å². The number of imide groups is 1. The van der Waals surface area contributed by atoms with Crippen LogP contribution in [0.15, 0.2) is 58.1 Å². The van der Waals surface area contributed by atoms with Crippen LogP contribution >= 0.6 is 0 Å². The first-order valence-corrected chi connectivity index (χ1v) is 8.41. The predicted molar refractivity (Wildman–Crippen MR) is 96.3 cm³/mol. The summed E-state index contributed by atoms with van der Waals surface area (Å²) >= 11 is 0. The second-order valence-electron chi connectivity index (χ2n) is 6.02. The van der Waals surface area contributed by atoms with Gasteiger partial charge in [0, 0.05) is 18.5 Å². The molecular formula is C19H16N4O4. The maximum absolute atomic E-state index is 12.5. The average Bonchev–Trinajstić information content (AvgIpc) is 3.17. The fourth-order valence-corrected chi connectivity index (χ4v) is 2.91. The topological polar surface area (TPSA) is 97.9 Å². The summed E-state index contributed by atoms with van der Waals surface area (Å²) in [6.07, 6.45) is 7.20. The summed E-state index contributed by atoms with van der Waals surface area (Å²) in [5, 5.41) is 3.95. The molecule has 8 heteroatoms. The van der Waals surface area contributed by atoms with E-state index in [1.165, 1.54) is 0 Å². The zero-order chi connectivity index (χ0) is 18.8. The summed E-state index contributed by atoms with van der Waals surface area (Å²) in [5.41, 5.74) is 1.26. The Bertz CT molecular complexity index is 972. The van der Waals surface area contributed by atoms with Gasteiger partial charge in [0.15, 0.2) is 0 Å². The number of aromatic nitrogens is 2. The van der Waals surface area contributed by atoms with E-state index in [1.807, 2.05) is 12.1 Å². The van der Waals surface area contributed by atoms with Gasteiger partial charge in [0.2, 0.25) is 17.6 Å². The highest BCUT2D eigenvalue weighted by Gasteiger charge is 2.35. The average molecular weight is 364 g/mol. The van der Waals surface area contributed by atoms with Gasteiger partial charge in [-0.3, -0.25) is 9.69 Å². The third-order valence-electron chi connectivity index (χ3n) is 4.35. The fourth-order valence-electron chi connectivity index (χ4n) is 2.91. The van der Waals surface area contributed by atoms with Crippen molar-refractivity contribution in [2.45, 2.75) is 6.42 Å². The SMILES string of the molecule is COc1ccc(-c2noc(CCN3C(=O)N=C4C=CC=CC4C3=O)n2)cc1. The molecule has 4 rings (SSSR count). The molecule has 1 aromatic heterocycles. The van der Waals surface area contributed by atoms with Crippen molar-refractivity contribution in [1.82, 2.24) is 15.0 Å². The Kier molecular flexibility index (Phi) is 4.37. The van der Waals surface area contributed by atoms with Crippen molar-refractivity contribution in [1.29, 1.82) is 0 Å². The normalized spacial score (nSPS) is 18.5. The molecule has 8 nitrogen and oxygen atoms in total. The number of benzene rings is 1. The first-order chi connectivity index (χ1) is 13.2. The lowest BCUT2D eigenvalue weighted by atomic mass is 9.95. The number of carbonyl (C=O) groups is 2. The molecule has 0 fully saturated rings. The summed E-state index contributed by atoms with van der Waals surface area (Å²) in [6, 6.07) is 6.69. The van der Waals surface area contributed by atoms with E-state index < -0.39 is 11.9 Å². The molecule has 27 heavy (non-hydrogen) atoms. The van der Waals surface area contributed by atoms with Crippen molar-refractivity contribution in [2.24, 2.45) is 10.9 Å². The van der Waals surface area contributed by atoms with Crippen LogP contribution in [0.4, 0.5) is 4.79 Å². The number of rotatable bonds is 5.